The fourth-order valence-electron chi connectivity index (χ4n) is 4.02. The molecule has 3 fully saturated rings. The minimum Gasteiger partial charge on any atom is -0.350 e. The second-order valence-electron chi connectivity index (χ2n) is 7.29. The largest absolute Gasteiger partial charge is 0.350 e. The van der Waals surface area contributed by atoms with Gasteiger partial charge in [0.25, 0.3) is 0 Å². The number of rotatable bonds is 4. The molecule has 2 N–H and O–H groups in total. The van der Waals surface area contributed by atoms with E-state index in [1.54, 1.807) is 12.3 Å². The van der Waals surface area contributed by atoms with Crippen LogP contribution in [0.2, 0.25) is 5.02 Å². The van der Waals surface area contributed by atoms with E-state index in [9.17, 15) is 4.39 Å². The zero-order valence-electron chi connectivity index (χ0n) is 15.1. The van der Waals surface area contributed by atoms with Crippen molar-refractivity contribution in [3.63, 3.8) is 0 Å². The van der Waals surface area contributed by atoms with Gasteiger partial charge in [0, 0.05) is 18.3 Å². The van der Waals surface area contributed by atoms with Gasteiger partial charge in [-0.25, -0.2) is 24.3 Å². The van der Waals surface area contributed by atoms with Crippen LogP contribution in [0.15, 0.2) is 30.7 Å². The first-order valence-corrected chi connectivity index (χ1v) is 9.72. The third-order valence-electron chi connectivity index (χ3n) is 5.53. The van der Waals surface area contributed by atoms with Crippen LogP contribution in [-0.2, 0) is 0 Å². The van der Waals surface area contributed by atoms with Gasteiger partial charge in [-0.2, -0.15) is 0 Å². The SMILES string of the molecule is Fc1ccc(Nc2ncnc3cnc(NC4CN5CCC4CC5)nc23)cc1Cl. The van der Waals surface area contributed by atoms with E-state index in [1.807, 2.05) is 0 Å². The molecule has 6 rings (SSSR count). The van der Waals surface area contributed by atoms with Crippen LogP contribution in [0, 0.1) is 11.7 Å². The van der Waals surface area contributed by atoms with Gasteiger partial charge in [-0.3, -0.25) is 0 Å². The zero-order chi connectivity index (χ0) is 19.1. The first kappa shape index (κ1) is 17.5. The van der Waals surface area contributed by atoms with E-state index in [4.69, 9.17) is 11.6 Å². The van der Waals surface area contributed by atoms with Gasteiger partial charge in [-0.05, 0) is 50.0 Å². The molecule has 3 aliphatic rings. The van der Waals surface area contributed by atoms with Crippen LogP contribution in [0.5, 0.6) is 0 Å². The summed E-state index contributed by atoms with van der Waals surface area (Å²) in [6.07, 6.45) is 5.56. The van der Waals surface area contributed by atoms with E-state index >= 15 is 0 Å². The Morgan fingerprint density at radius 3 is 2.75 bits per heavy atom. The maximum absolute atomic E-state index is 13.4. The van der Waals surface area contributed by atoms with E-state index < -0.39 is 5.82 Å². The Labute approximate surface area is 166 Å². The fourth-order valence-corrected chi connectivity index (χ4v) is 4.20. The van der Waals surface area contributed by atoms with Gasteiger partial charge < -0.3 is 15.5 Å². The Hall–Kier alpha value is -2.58. The molecular formula is C19H19ClFN7. The van der Waals surface area contributed by atoms with Crippen molar-refractivity contribution in [3.8, 4) is 0 Å². The molecule has 2 bridgehead atoms. The summed E-state index contributed by atoms with van der Waals surface area (Å²) < 4.78 is 13.4. The summed E-state index contributed by atoms with van der Waals surface area (Å²) in [5, 5.41) is 6.68. The molecule has 7 nitrogen and oxygen atoms in total. The lowest BCUT2D eigenvalue weighted by Crippen LogP contribution is -2.53. The lowest BCUT2D eigenvalue weighted by atomic mass is 9.84. The Morgan fingerprint density at radius 1 is 1.14 bits per heavy atom. The molecule has 9 heteroatoms. The van der Waals surface area contributed by atoms with Gasteiger partial charge in [0.15, 0.2) is 5.82 Å². The first-order valence-electron chi connectivity index (χ1n) is 9.34. The van der Waals surface area contributed by atoms with Gasteiger partial charge in [-0.1, -0.05) is 11.6 Å². The number of fused-ring (bicyclic) bond motifs is 4. The van der Waals surface area contributed by atoms with Crippen molar-refractivity contribution in [1.29, 1.82) is 0 Å². The Morgan fingerprint density at radius 2 is 2.00 bits per heavy atom. The Bertz CT molecular complexity index is 1020. The smallest absolute Gasteiger partial charge is 0.223 e. The molecule has 3 aliphatic heterocycles. The predicted molar refractivity (Wildman–Crippen MR) is 106 cm³/mol. The summed E-state index contributed by atoms with van der Waals surface area (Å²) in [5.74, 6) is 1.29. The molecular weight excluding hydrogens is 381 g/mol. The van der Waals surface area contributed by atoms with E-state index in [-0.39, 0.29) is 5.02 Å². The summed E-state index contributed by atoms with van der Waals surface area (Å²) >= 11 is 5.88. The zero-order valence-corrected chi connectivity index (χ0v) is 15.8. The Balaban J connectivity index is 1.43. The second kappa shape index (κ2) is 7.10. The highest BCUT2D eigenvalue weighted by Crippen LogP contribution is 2.30. The number of anilines is 3. The van der Waals surface area contributed by atoms with Crippen molar-refractivity contribution in [2.45, 2.75) is 18.9 Å². The van der Waals surface area contributed by atoms with E-state index in [1.165, 1.54) is 44.4 Å². The average Bonchev–Trinajstić information content (AvgIpc) is 2.72. The summed E-state index contributed by atoms with van der Waals surface area (Å²) in [4.78, 5) is 20.1. The van der Waals surface area contributed by atoms with Gasteiger partial charge >= 0.3 is 0 Å². The highest BCUT2D eigenvalue weighted by atomic mass is 35.5. The maximum Gasteiger partial charge on any atom is 0.223 e. The molecule has 3 saturated heterocycles. The third-order valence-corrected chi connectivity index (χ3v) is 5.82. The number of aromatic nitrogens is 4. The molecule has 0 aliphatic carbocycles. The first-order chi connectivity index (χ1) is 13.7. The number of piperidine rings is 3. The van der Waals surface area contributed by atoms with Gasteiger partial charge in [-0.15, -0.1) is 0 Å². The molecule has 5 heterocycles. The standard InChI is InChI=1S/C19H19ClFN7/c20-13-7-12(1-2-14(13)21)25-18-17-15(23-10-24-18)8-22-19(27-17)26-16-9-28-5-3-11(16)4-6-28/h1-2,7-8,10-11,16H,3-6,9H2,(H,22,26,27)(H,23,24,25). The van der Waals surface area contributed by atoms with Crippen molar-refractivity contribution < 1.29 is 4.39 Å². The molecule has 0 spiro atoms. The van der Waals surface area contributed by atoms with Crippen LogP contribution >= 0.6 is 11.6 Å². The molecule has 0 radical (unpaired) electrons. The molecule has 28 heavy (non-hydrogen) atoms. The average molecular weight is 400 g/mol. The van der Waals surface area contributed by atoms with E-state index in [0.29, 0.717) is 40.4 Å². The van der Waals surface area contributed by atoms with Crippen molar-refractivity contribution in [1.82, 2.24) is 24.8 Å². The molecule has 1 atom stereocenters. The van der Waals surface area contributed by atoms with Gasteiger partial charge in [0.05, 0.1) is 11.2 Å². The fraction of sp³-hybridized carbons (Fsp3) is 0.368. The van der Waals surface area contributed by atoms with Gasteiger partial charge in [0.2, 0.25) is 5.95 Å². The number of halogens is 2. The number of hydrogen-bond donors (Lipinski definition) is 2. The van der Waals surface area contributed by atoms with Crippen LogP contribution in [0.1, 0.15) is 12.8 Å². The minimum absolute atomic E-state index is 0.0442. The minimum atomic E-state index is -0.467. The lowest BCUT2D eigenvalue weighted by Gasteiger charge is -2.44. The van der Waals surface area contributed by atoms with Crippen LogP contribution in [-0.4, -0.2) is 50.5 Å². The molecule has 2 aromatic heterocycles. The number of nitrogens with zero attached hydrogens (tertiary/aromatic N) is 5. The molecule has 3 aromatic rings. The Kier molecular flexibility index (Phi) is 4.44. The highest BCUT2D eigenvalue weighted by molar-refractivity contribution is 6.31. The topological polar surface area (TPSA) is 78.9 Å². The van der Waals surface area contributed by atoms with Crippen LogP contribution < -0.4 is 10.6 Å². The molecule has 0 saturated carbocycles. The number of benzene rings is 1. The van der Waals surface area contributed by atoms with Crippen molar-refractivity contribution in [2.24, 2.45) is 5.92 Å². The quantitative estimate of drug-likeness (QED) is 0.695. The van der Waals surface area contributed by atoms with Gasteiger partial charge in [0.1, 0.15) is 23.2 Å². The summed E-state index contributed by atoms with van der Waals surface area (Å²) in [6, 6.07) is 4.78. The summed E-state index contributed by atoms with van der Waals surface area (Å²) in [6.45, 7) is 3.39. The predicted octanol–water partition coefficient (Wildman–Crippen LogP) is 3.46. The third kappa shape index (κ3) is 3.33. The van der Waals surface area contributed by atoms with Crippen molar-refractivity contribution >= 4 is 40.1 Å². The maximum atomic E-state index is 13.4. The number of hydrogen-bond acceptors (Lipinski definition) is 7. The molecule has 1 aromatic carbocycles. The van der Waals surface area contributed by atoms with Crippen molar-refractivity contribution in [2.75, 3.05) is 30.3 Å². The van der Waals surface area contributed by atoms with Crippen molar-refractivity contribution in [3.05, 3.63) is 41.6 Å². The second-order valence-corrected chi connectivity index (χ2v) is 7.70. The van der Waals surface area contributed by atoms with Crippen LogP contribution in [0.3, 0.4) is 0 Å². The molecule has 144 valence electrons. The monoisotopic (exact) mass is 399 g/mol. The van der Waals surface area contributed by atoms with E-state index in [0.717, 1.165) is 6.54 Å². The molecule has 1 unspecified atom stereocenters. The molecule has 0 amide bonds. The normalized spacial score (nSPS) is 23.7. The van der Waals surface area contributed by atoms with Crippen LogP contribution in [0.25, 0.3) is 11.0 Å². The number of nitrogens with one attached hydrogen (secondary N) is 2. The van der Waals surface area contributed by atoms with Crippen LogP contribution in [0.4, 0.5) is 21.8 Å². The highest BCUT2D eigenvalue weighted by Gasteiger charge is 2.34. The summed E-state index contributed by atoms with van der Waals surface area (Å²) in [5.41, 5.74) is 1.85. The summed E-state index contributed by atoms with van der Waals surface area (Å²) in [7, 11) is 0. The van der Waals surface area contributed by atoms with E-state index in [2.05, 4.69) is 35.5 Å². The lowest BCUT2D eigenvalue weighted by molar-refractivity contribution is 0.0972.